The predicted octanol–water partition coefficient (Wildman–Crippen LogP) is 3.86. The van der Waals surface area contributed by atoms with E-state index >= 15 is 0 Å². The van der Waals surface area contributed by atoms with Crippen LogP contribution in [0, 0.1) is 19.8 Å². The maximum absolute atomic E-state index is 12.6. The van der Waals surface area contributed by atoms with Gasteiger partial charge in [0.05, 0.1) is 5.92 Å². The Kier molecular flexibility index (Phi) is 4.88. The molecule has 130 valence electrons. The summed E-state index contributed by atoms with van der Waals surface area (Å²) in [5, 5.41) is 3.00. The lowest BCUT2D eigenvalue weighted by Gasteiger charge is -2.18. The zero-order chi connectivity index (χ0) is 18.0. The highest BCUT2D eigenvalue weighted by Crippen LogP contribution is 2.28. The zero-order valence-electron chi connectivity index (χ0n) is 15.0. The summed E-state index contributed by atoms with van der Waals surface area (Å²) in [6.07, 6.45) is 1.11. The first-order chi connectivity index (χ1) is 12.0. The van der Waals surface area contributed by atoms with Gasteiger partial charge in [-0.2, -0.15) is 0 Å². The van der Waals surface area contributed by atoms with Gasteiger partial charge in [-0.25, -0.2) is 0 Å². The van der Waals surface area contributed by atoms with E-state index in [9.17, 15) is 9.59 Å². The lowest BCUT2D eigenvalue weighted by molar-refractivity contribution is -0.122. The van der Waals surface area contributed by atoms with Crippen LogP contribution in [0.25, 0.3) is 0 Å². The van der Waals surface area contributed by atoms with Gasteiger partial charge in [-0.05, 0) is 55.2 Å². The summed E-state index contributed by atoms with van der Waals surface area (Å²) in [5.41, 5.74) is 5.06. The number of para-hydroxylation sites is 1. The van der Waals surface area contributed by atoms with Crippen molar-refractivity contribution in [3.63, 3.8) is 0 Å². The molecule has 0 aromatic heterocycles. The third-order valence-corrected chi connectivity index (χ3v) is 4.67. The Balaban J connectivity index is 1.74. The Morgan fingerprint density at radius 3 is 2.52 bits per heavy atom. The molecule has 0 bridgehead atoms. The average Bonchev–Trinajstić information content (AvgIpc) is 2.96. The Morgan fingerprint density at radius 1 is 1.16 bits per heavy atom. The monoisotopic (exact) mass is 336 g/mol. The molecule has 0 saturated carbocycles. The molecular weight excluding hydrogens is 312 g/mol. The van der Waals surface area contributed by atoms with Crippen LogP contribution in [0.1, 0.15) is 30.0 Å². The molecule has 2 amide bonds. The Bertz CT molecular complexity index is 793. The first-order valence-corrected chi connectivity index (χ1v) is 8.75. The van der Waals surface area contributed by atoms with Crippen LogP contribution in [0.2, 0.25) is 0 Å². The summed E-state index contributed by atoms with van der Waals surface area (Å²) >= 11 is 0. The van der Waals surface area contributed by atoms with Gasteiger partial charge in [0, 0.05) is 24.3 Å². The summed E-state index contributed by atoms with van der Waals surface area (Å²) in [6, 6.07) is 13.9. The number of carbonyl (C=O) groups excluding carboxylic acids is 2. The molecule has 0 spiro atoms. The Hall–Kier alpha value is -2.62. The maximum atomic E-state index is 12.6. The van der Waals surface area contributed by atoms with E-state index in [1.807, 2.05) is 50.2 Å². The van der Waals surface area contributed by atoms with Crippen LogP contribution in [0.5, 0.6) is 0 Å². The first kappa shape index (κ1) is 17.2. The van der Waals surface area contributed by atoms with E-state index in [0.29, 0.717) is 6.54 Å². The van der Waals surface area contributed by atoms with Crippen molar-refractivity contribution in [3.05, 3.63) is 59.2 Å². The molecule has 1 heterocycles. The lowest BCUT2D eigenvalue weighted by atomic mass is 10.1. The largest absolute Gasteiger partial charge is 0.326 e. The van der Waals surface area contributed by atoms with Gasteiger partial charge < -0.3 is 10.2 Å². The number of aryl methyl sites for hydroxylation is 3. The van der Waals surface area contributed by atoms with Crippen molar-refractivity contribution in [2.45, 2.75) is 33.6 Å². The van der Waals surface area contributed by atoms with Crippen LogP contribution < -0.4 is 10.2 Å². The molecule has 4 nitrogen and oxygen atoms in total. The minimum absolute atomic E-state index is 0.00827. The van der Waals surface area contributed by atoms with Crippen molar-refractivity contribution >= 4 is 23.2 Å². The summed E-state index contributed by atoms with van der Waals surface area (Å²) < 4.78 is 0. The minimum atomic E-state index is -0.321. The van der Waals surface area contributed by atoms with Gasteiger partial charge in [-0.15, -0.1) is 0 Å². The highest BCUT2D eigenvalue weighted by molar-refractivity contribution is 6.03. The second kappa shape index (κ2) is 7.09. The second-order valence-electron chi connectivity index (χ2n) is 6.75. The smallest absolute Gasteiger partial charge is 0.229 e. The van der Waals surface area contributed by atoms with Crippen LogP contribution in [0.3, 0.4) is 0 Å². The lowest BCUT2D eigenvalue weighted by Crippen LogP contribution is -2.28. The van der Waals surface area contributed by atoms with Crippen LogP contribution in [0.4, 0.5) is 11.4 Å². The van der Waals surface area contributed by atoms with Crippen molar-refractivity contribution in [2.24, 2.45) is 5.92 Å². The summed E-state index contributed by atoms with van der Waals surface area (Å²) in [4.78, 5) is 26.8. The molecule has 4 heteroatoms. The number of carbonyl (C=O) groups is 2. The van der Waals surface area contributed by atoms with E-state index < -0.39 is 0 Å². The molecule has 25 heavy (non-hydrogen) atoms. The van der Waals surface area contributed by atoms with E-state index in [1.165, 1.54) is 0 Å². The maximum Gasteiger partial charge on any atom is 0.229 e. The number of nitrogens with zero attached hydrogens (tertiary/aromatic N) is 1. The van der Waals surface area contributed by atoms with Gasteiger partial charge in [-0.3, -0.25) is 9.59 Å². The summed E-state index contributed by atoms with van der Waals surface area (Å²) in [7, 11) is 0. The van der Waals surface area contributed by atoms with Gasteiger partial charge in [0.1, 0.15) is 0 Å². The SMILES string of the molecule is CCc1ccccc1NC(=O)[C@H]1CC(=O)N(c2cc(C)cc(C)c2)C1. The van der Waals surface area contributed by atoms with Gasteiger partial charge >= 0.3 is 0 Å². The van der Waals surface area contributed by atoms with Crippen LogP contribution in [0.15, 0.2) is 42.5 Å². The highest BCUT2D eigenvalue weighted by Gasteiger charge is 2.35. The quantitative estimate of drug-likeness (QED) is 0.922. The number of amides is 2. The predicted molar refractivity (Wildman–Crippen MR) is 101 cm³/mol. The fraction of sp³-hybridized carbons (Fsp3) is 0.333. The van der Waals surface area contributed by atoms with Crippen molar-refractivity contribution < 1.29 is 9.59 Å². The number of benzene rings is 2. The van der Waals surface area contributed by atoms with Gasteiger partial charge in [0.2, 0.25) is 11.8 Å². The molecule has 1 N–H and O–H groups in total. The molecule has 1 aliphatic heterocycles. The van der Waals surface area contributed by atoms with Crippen molar-refractivity contribution in [1.29, 1.82) is 0 Å². The van der Waals surface area contributed by atoms with Crippen molar-refractivity contribution in [3.8, 4) is 0 Å². The van der Waals surface area contributed by atoms with Crippen LogP contribution >= 0.6 is 0 Å². The molecule has 2 aromatic rings. The molecule has 1 atom stereocenters. The van der Waals surface area contributed by atoms with E-state index in [1.54, 1.807) is 4.90 Å². The van der Waals surface area contributed by atoms with E-state index in [-0.39, 0.29) is 24.2 Å². The topological polar surface area (TPSA) is 49.4 Å². The zero-order valence-corrected chi connectivity index (χ0v) is 15.0. The van der Waals surface area contributed by atoms with Gasteiger partial charge in [0.15, 0.2) is 0 Å². The van der Waals surface area contributed by atoms with Crippen LogP contribution in [-0.4, -0.2) is 18.4 Å². The molecule has 0 aliphatic carbocycles. The molecule has 0 radical (unpaired) electrons. The molecule has 1 saturated heterocycles. The molecule has 2 aromatic carbocycles. The Morgan fingerprint density at radius 2 is 1.84 bits per heavy atom. The normalized spacial score (nSPS) is 17.0. The molecule has 0 unspecified atom stereocenters. The summed E-state index contributed by atoms with van der Waals surface area (Å²) in [5.74, 6) is -0.395. The van der Waals surface area contributed by atoms with Crippen LogP contribution in [-0.2, 0) is 16.0 Å². The highest BCUT2D eigenvalue weighted by atomic mass is 16.2. The first-order valence-electron chi connectivity index (χ1n) is 8.75. The number of nitrogens with one attached hydrogen (secondary N) is 1. The third-order valence-electron chi connectivity index (χ3n) is 4.67. The number of hydrogen-bond acceptors (Lipinski definition) is 2. The fourth-order valence-electron chi connectivity index (χ4n) is 3.42. The number of anilines is 2. The number of hydrogen-bond donors (Lipinski definition) is 1. The minimum Gasteiger partial charge on any atom is -0.326 e. The van der Waals surface area contributed by atoms with Gasteiger partial charge in [0.25, 0.3) is 0 Å². The van der Waals surface area contributed by atoms with E-state index in [4.69, 9.17) is 0 Å². The number of rotatable bonds is 4. The fourth-order valence-corrected chi connectivity index (χ4v) is 3.42. The van der Waals surface area contributed by atoms with E-state index in [0.717, 1.165) is 34.5 Å². The summed E-state index contributed by atoms with van der Waals surface area (Å²) in [6.45, 7) is 6.53. The van der Waals surface area contributed by atoms with E-state index in [2.05, 4.69) is 18.3 Å². The average molecular weight is 336 g/mol. The third kappa shape index (κ3) is 3.73. The molecule has 1 fully saturated rings. The standard InChI is InChI=1S/C21H24N2O2/c1-4-16-7-5-6-8-19(16)22-21(25)17-12-20(24)23(13-17)18-10-14(2)9-15(3)11-18/h5-11,17H,4,12-13H2,1-3H3,(H,22,25)/t17-/m0/s1. The second-order valence-corrected chi connectivity index (χ2v) is 6.75. The molecule has 3 rings (SSSR count). The van der Waals surface area contributed by atoms with Crippen molar-refractivity contribution in [1.82, 2.24) is 0 Å². The van der Waals surface area contributed by atoms with Crippen molar-refractivity contribution in [2.75, 3.05) is 16.8 Å². The van der Waals surface area contributed by atoms with Gasteiger partial charge in [-0.1, -0.05) is 31.2 Å². The Labute approximate surface area is 148 Å². The molecule has 1 aliphatic rings. The molecular formula is C21H24N2O2.